The second-order valence-corrected chi connectivity index (χ2v) is 4.80. The standard InChI is InChI=1S/C18H8F2N4/c19-13-7-3-1-5-11(13)17-18(12-6-2-4-8-14(12)20)24-16(10-22)15(9-21)23-17/h1-8H. The van der Waals surface area contributed by atoms with Gasteiger partial charge in [0.2, 0.25) is 0 Å². The van der Waals surface area contributed by atoms with Gasteiger partial charge in [-0.25, -0.2) is 18.7 Å². The van der Waals surface area contributed by atoms with Crippen molar-refractivity contribution in [3.05, 3.63) is 71.6 Å². The molecule has 1 heterocycles. The molecule has 0 spiro atoms. The minimum Gasteiger partial charge on any atom is -0.232 e. The molecule has 0 aliphatic heterocycles. The first-order valence-electron chi connectivity index (χ1n) is 6.87. The highest BCUT2D eigenvalue weighted by Gasteiger charge is 2.20. The summed E-state index contributed by atoms with van der Waals surface area (Å²) in [6, 6.07) is 15.1. The van der Waals surface area contributed by atoms with Gasteiger partial charge >= 0.3 is 0 Å². The van der Waals surface area contributed by atoms with Gasteiger partial charge in [-0.15, -0.1) is 0 Å². The van der Waals surface area contributed by atoms with Crippen LogP contribution in [0.5, 0.6) is 0 Å². The van der Waals surface area contributed by atoms with E-state index >= 15 is 0 Å². The fraction of sp³-hybridized carbons (Fsp3) is 0. The number of nitriles is 2. The Kier molecular flexibility index (Phi) is 3.96. The van der Waals surface area contributed by atoms with Crippen LogP contribution in [-0.4, -0.2) is 9.97 Å². The molecule has 114 valence electrons. The van der Waals surface area contributed by atoms with E-state index in [0.717, 1.165) is 0 Å². The van der Waals surface area contributed by atoms with Crippen LogP contribution in [0.15, 0.2) is 48.5 Å². The first kappa shape index (κ1) is 15.3. The van der Waals surface area contributed by atoms with E-state index in [0.29, 0.717) is 0 Å². The molecule has 0 N–H and O–H groups in total. The summed E-state index contributed by atoms with van der Waals surface area (Å²) < 4.78 is 28.4. The minimum atomic E-state index is -0.585. The normalized spacial score (nSPS) is 10.0. The van der Waals surface area contributed by atoms with Crippen LogP contribution in [0.3, 0.4) is 0 Å². The average Bonchev–Trinajstić information content (AvgIpc) is 2.61. The summed E-state index contributed by atoms with van der Waals surface area (Å²) in [6.07, 6.45) is 0. The maximum absolute atomic E-state index is 14.2. The second kappa shape index (κ2) is 6.23. The monoisotopic (exact) mass is 318 g/mol. The molecular formula is C18H8F2N4. The third-order valence-corrected chi connectivity index (χ3v) is 3.37. The van der Waals surface area contributed by atoms with E-state index < -0.39 is 11.6 Å². The van der Waals surface area contributed by atoms with Crippen molar-refractivity contribution in [1.29, 1.82) is 10.5 Å². The number of nitrogens with zero attached hydrogens (tertiary/aromatic N) is 4. The van der Waals surface area contributed by atoms with E-state index in [9.17, 15) is 8.78 Å². The molecule has 0 aliphatic carbocycles. The molecule has 3 rings (SSSR count). The number of hydrogen-bond donors (Lipinski definition) is 0. The molecule has 6 heteroatoms. The summed E-state index contributed by atoms with van der Waals surface area (Å²) in [6.45, 7) is 0. The lowest BCUT2D eigenvalue weighted by Gasteiger charge is -2.11. The molecule has 1 aromatic heterocycles. The van der Waals surface area contributed by atoms with Gasteiger partial charge in [-0.05, 0) is 24.3 Å². The van der Waals surface area contributed by atoms with Crippen molar-refractivity contribution in [2.45, 2.75) is 0 Å². The van der Waals surface area contributed by atoms with Gasteiger partial charge in [0.25, 0.3) is 0 Å². The number of rotatable bonds is 2. The van der Waals surface area contributed by atoms with Crippen LogP contribution in [0.2, 0.25) is 0 Å². The summed E-state index contributed by atoms with van der Waals surface area (Å²) in [7, 11) is 0. The molecular weight excluding hydrogens is 310 g/mol. The number of benzene rings is 2. The van der Waals surface area contributed by atoms with Crippen LogP contribution in [0.4, 0.5) is 8.78 Å². The quantitative estimate of drug-likeness (QED) is 0.719. The summed E-state index contributed by atoms with van der Waals surface area (Å²) in [5.41, 5.74) is -0.317. The third-order valence-electron chi connectivity index (χ3n) is 3.37. The predicted molar refractivity (Wildman–Crippen MR) is 82.3 cm³/mol. The Balaban J connectivity index is 2.40. The first-order chi connectivity index (χ1) is 11.7. The highest BCUT2D eigenvalue weighted by molar-refractivity contribution is 5.79. The number of halogens is 2. The molecule has 0 bridgehead atoms. The maximum atomic E-state index is 14.2. The van der Waals surface area contributed by atoms with Crippen LogP contribution >= 0.6 is 0 Å². The summed E-state index contributed by atoms with van der Waals surface area (Å²) >= 11 is 0. The van der Waals surface area contributed by atoms with Crippen molar-refractivity contribution in [3.8, 4) is 34.7 Å². The summed E-state index contributed by atoms with van der Waals surface area (Å²) in [5.74, 6) is -1.17. The predicted octanol–water partition coefficient (Wildman–Crippen LogP) is 3.83. The van der Waals surface area contributed by atoms with Gasteiger partial charge < -0.3 is 0 Å². The highest BCUT2D eigenvalue weighted by Crippen LogP contribution is 2.32. The molecule has 0 saturated carbocycles. The molecule has 0 saturated heterocycles. The van der Waals surface area contributed by atoms with Gasteiger partial charge in [0.05, 0.1) is 0 Å². The van der Waals surface area contributed by atoms with Gasteiger partial charge in [-0.1, -0.05) is 24.3 Å². The van der Waals surface area contributed by atoms with E-state index in [4.69, 9.17) is 10.5 Å². The van der Waals surface area contributed by atoms with E-state index in [1.807, 2.05) is 0 Å². The molecule has 0 aliphatic rings. The fourth-order valence-corrected chi connectivity index (χ4v) is 2.27. The van der Waals surface area contributed by atoms with Crippen LogP contribution in [0, 0.1) is 34.3 Å². The lowest BCUT2D eigenvalue weighted by molar-refractivity contribution is 0.628. The van der Waals surface area contributed by atoms with Crippen LogP contribution in [-0.2, 0) is 0 Å². The molecule has 3 aromatic rings. The lowest BCUT2D eigenvalue weighted by Crippen LogP contribution is -2.03. The third kappa shape index (κ3) is 2.57. The molecule has 24 heavy (non-hydrogen) atoms. The zero-order valence-corrected chi connectivity index (χ0v) is 12.2. The van der Waals surface area contributed by atoms with Gasteiger partial charge in [0.15, 0.2) is 11.4 Å². The molecule has 0 unspecified atom stereocenters. The van der Waals surface area contributed by atoms with E-state index in [2.05, 4.69) is 9.97 Å². The zero-order valence-electron chi connectivity index (χ0n) is 12.2. The Morgan fingerprint density at radius 3 is 1.38 bits per heavy atom. The Morgan fingerprint density at radius 2 is 1.04 bits per heavy atom. The van der Waals surface area contributed by atoms with Gasteiger partial charge in [-0.2, -0.15) is 10.5 Å². The largest absolute Gasteiger partial charge is 0.232 e. The number of hydrogen-bond acceptors (Lipinski definition) is 4. The molecule has 0 fully saturated rings. The first-order valence-corrected chi connectivity index (χ1v) is 6.87. The SMILES string of the molecule is N#Cc1nc(-c2ccccc2F)c(-c2ccccc2F)nc1C#N. The minimum absolute atomic E-state index is 0.00810. The van der Waals surface area contributed by atoms with Gasteiger partial charge in [0.1, 0.15) is 35.2 Å². The highest BCUT2D eigenvalue weighted by atomic mass is 19.1. The molecule has 0 atom stereocenters. The Bertz CT molecular complexity index is 934. The Hall–Kier alpha value is -3.64. The van der Waals surface area contributed by atoms with Gasteiger partial charge in [0, 0.05) is 11.1 Å². The molecule has 4 nitrogen and oxygen atoms in total. The Labute approximate surface area is 136 Å². The van der Waals surface area contributed by atoms with Crippen LogP contribution < -0.4 is 0 Å². The molecule has 2 aromatic carbocycles. The topological polar surface area (TPSA) is 73.4 Å². The van der Waals surface area contributed by atoms with Gasteiger partial charge in [-0.3, -0.25) is 0 Å². The van der Waals surface area contributed by atoms with Crippen LogP contribution in [0.1, 0.15) is 11.4 Å². The lowest BCUT2D eigenvalue weighted by atomic mass is 10.0. The maximum Gasteiger partial charge on any atom is 0.177 e. The number of aromatic nitrogens is 2. The van der Waals surface area contributed by atoms with Crippen molar-refractivity contribution in [1.82, 2.24) is 9.97 Å². The summed E-state index contributed by atoms with van der Waals surface area (Å²) in [5, 5.41) is 18.3. The van der Waals surface area contributed by atoms with Crippen molar-refractivity contribution in [2.75, 3.05) is 0 Å². The smallest absolute Gasteiger partial charge is 0.177 e. The fourth-order valence-electron chi connectivity index (χ4n) is 2.27. The Morgan fingerprint density at radius 1 is 0.667 bits per heavy atom. The van der Waals surface area contributed by atoms with Crippen molar-refractivity contribution in [3.63, 3.8) is 0 Å². The van der Waals surface area contributed by atoms with Crippen molar-refractivity contribution >= 4 is 0 Å². The van der Waals surface area contributed by atoms with E-state index in [1.165, 1.54) is 36.4 Å². The molecule has 0 amide bonds. The second-order valence-electron chi connectivity index (χ2n) is 4.80. The summed E-state index contributed by atoms with van der Waals surface area (Å²) in [4.78, 5) is 8.12. The molecule has 0 radical (unpaired) electrons. The van der Waals surface area contributed by atoms with Crippen molar-refractivity contribution < 1.29 is 8.78 Å². The van der Waals surface area contributed by atoms with Crippen molar-refractivity contribution in [2.24, 2.45) is 0 Å². The average molecular weight is 318 g/mol. The van der Waals surface area contributed by atoms with Crippen LogP contribution in [0.25, 0.3) is 22.5 Å². The van der Waals surface area contributed by atoms with E-state index in [-0.39, 0.29) is 33.9 Å². The zero-order chi connectivity index (χ0) is 17.1. The van der Waals surface area contributed by atoms with E-state index in [1.54, 1.807) is 24.3 Å².